The van der Waals surface area contributed by atoms with Crippen LogP contribution in [0.15, 0.2) is 102 Å². The van der Waals surface area contributed by atoms with E-state index in [4.69, 9.17) is 24.4 Å². The number of carbonyl (C=O) groups is 4. The lowest BCUT2D eigenvalue weighted by Gasteiger charge is -2.35. The van der Waals surface area contributed by atoms with Crippen molar-refractivity contribution in [2.75, 3.05) is 49.2 Å². The number of fused-ring (bicyclic) bond motifs is 2. The van der Waals surface area contributed by atoms with Gasteiger partial charge in [-0.15, -0.1) is 160 Å². The third-order valence-corrected chi connectivity index (χ3v) is 47.9. The standard InChI is InChI=1S/C124H170N4O4S16/c1-13-25-33-41-49-57-65-87-77-91(81-95-117(129)125(21-9)123(133)126(22-10)118(95)130)139-111(87)97-69-71-99(141-97)113-89(67-59-51-43-35-27-15-3)79-101(143-113)103-83-93-109(105-85-107(135-73-61-53-45-37-29-17-5)121(147-105)137-75-63-55-47-39-31-19-7)116-94(110(115(93)145-103)106-86-108(136-74-62-54-46-38-30-18-6)122(148-106)138-76-64-56-48-40-32-20-8)84-104(146-116)102-80-90(68-60-52-44-36-28-16-4)114(144-102)100-72-70-98(142-100)112-88(66-58-50-42-34-26-14-2)78-92(140-112)82-96-119(131)127(23-11)124(134)128(24-12)120(96)132/h69-72,77-86H,13-68,73-76H2,1-12H3. The number of benzene rings is 1. The highest BCUT2D eigenvalue weighted by molar-refractivity contribution is 8.04. The molecule has 2 aliphatic rings. The number of nitrogens with zero attached hydrogens (tertiary/aromatic N) is 4. The monoisotopic (exact) mass is 2290 g/mol. The Bertz CT molecular complexity index is 5510. The topological polar surface area (TPSA) is 81.2 Å². The van der Waals surface area contributed by atoms with E-state index >= 15 is 0 Å². The Kier molecular flexibility index (Phi) is 53.1. The molecule has 24 heteroatoms. The fourth-order valence-electron chi connectivity index (χ4n) is 20.4. The van der Waals surface area contributed by atoms with Crippen LogP contribution >= 0.6 is 185 Å². The Morgan fingerprint density at radius 2 is 0.486 bits per heavy atom. The minimum Gasteiger partial charge on any atom is -0.285 e. The van der Waals surface area contributed by atoms with Crippen LogP contribution in [0.4, 0.5) is 0 Å². The smallest absolute Gasteiger partial charge is 0.265 e. The van der Waals surface area contributed by atoms with Crippen LogP contribution in [0.1, 0.15) is 423 Å². The summed E-state index contributed by atoms with van der Waals surface area (Å²) in [5.74, 6) is 3.31. The quantitative estimate of drug-likeness (QED) is 0.0121. The van der Waals surface area contributed by atoms with E-state index in [1.807, 2.05) is 85.2 Å². The molecule has 2 fully saturated rings. The molecule has 0 aliphatic carbocycles. The van der Waals surface area contributed by atoms with E-state index in [1.54, 1.807) is 42.3 Å². The van der Waals surface area contributed by atoms with Gasteiger partial charge in [-0.05, 0) is 259 Å². The molecule has 2 aliphatic heterocycles. The SMILES string of the molecule is CCCCCCCCSc1cc(-c2c3cc(-c4cc(CCCCCCCC)c(-c5ccc(-c6sc(C=C7C(=O)N(CC)C(=S)N(CC)C7=O)cc6CCCCCCCC)s5)s4)sc3c(-c3cc(SCCCCCCCC)c(SCCCCCCCC)s3)c3cc(-c4cc(CCCCCCCC)c(-c5ccc(-c6sc(C=C7C(=O)N(CC)C(=S)N(CC)C7=O)cc6CCCCCCCC)s5)s4)sc23)sc1SCCCCCCCC. The third-order valence-electron chi connectivity index (χ3n) is 29.0. The molecule has 8 nitrogen and oxygen atoms in total. The van der Waals surface area contributed by atoms with E-state index in [1.165, 1.54) is 423 Å². The van der Waals surface area contributed by atoms with Gasteiger partial charge in [0.2, 0.25) is 0 Å². The van der Waals surface area contributed by atoms with Gasteiger partial charge in [0.1, 0.15) is 11.1 Å². The number of aryl methyl sites for hydroxylation is 4. The van der Waals surface area contributed by atoms with Crippen molar-refractivity contribution < 1.29 is 19.2 Å². The maximum absolute atomic E-state index is 14.3. The van der Waals surface area contributed by atoms with Gasteiger partial charge in [0.05, 0.1) is 8.42 Å². The number of thiophene rings is 10. The number of hydrogen-bond donors (Lipinski definition) is 0. The minimum absolute atomic E-state index is 0.189. The van der Waals surface area contributed by atoms with Crippen LogP contribution in [-0.4, -0.2) is 103 Å². The Labute approximate surface area is 959 Å². The van der Waals surface area contributed by atoms with E-state index in [-0.39, 0.29) is 34.8 Å². The highest BCUT2D eigenvalue weighted by atomic mass is 32.2. The fraction of sp³-hybridized carbons (Fsp3) is 0.581. The summed E-state index contributed by atoms with van der Waals surface area (Å²) in [4.78, 5) is 87.1. The first-order chi connectivity index (χ1) is 72.5. The molecule has 13 rings (SSSR count). The van der Waals surface area contributed by atoms with Gasteiger partial charge in [-0.1, -0.05) is 312 Å². The molecule has 10 aromatic heterocycles. The van der Waals surface area contributed by atoms with Crippen LogP contribution in [0.5, 0.6) is 0 Å². The maximum Gasteiger partial charge on any atom is 0.265 e. The summed E-state index contributed by atoms with van der Waals surface area (Å²) in [7, 11) is 0. The molecule has 0 bridgehead atoms. The highest BCUT2D eigenvalue weighted by Crippen LogP contribution is 2.60. The molecule has 12 heterocycles. The molecule has 2 saturated heterocycles. The van der Waals surface area contributed by atoms with Gasteiger partial charge in [-0.2, -0.15) is 0 Å². The second-order valence-corrected chi connectivity index (χ2v) is 57.0. The lowest BCUT2D eigenvalue weighted by atomic mass is 9.99. The Morgan fingerprint density at radius 3 is 0.764 bits per heavy atom. The zero-order valence-electron chi connectivity index (χ0n) is 91.5. The van der Waals surface area contributed by atoms with Crippen LogP contribution < -0.4 is 0 Å². The maximum atomic E-state index is 14.3. The first-order valence-electron chi connectivity index (χ1n) is 57.8. The van der Waals surface area contributed by atoms with Crippen LogP contribution in [0.25, 0.3) is 112 Å². The highest BCUT2D eigenvalue weighted by Gasteiger charge is 2.41. The molecule has 0 unspecified atom stereocenters. The van der Waals surface area contributed by atoms with Crippen molar-refractivity contribution in [3.05, 3.63) is 116 Å². The Balaban J connectivity index is 1.02. The summed E-state index contributed by atoms with van der Waals surface area (Å²) < 4.78 is 5.82. The number of thiocarbonyl (C=S) groups is 2. The van der Waals surface area contributed by atoms with Gasteiger partial charge >= 0.3 is 0 Å². The van der Waals surface area contributed by atoms with Gasteiger partial charge < -0.3 is 0 Å². The van der Waals surface area contributed by atoms with E-state index < -0.39 is 0 Å². The number of likely N-dealkylation sites (N-methyl/N-ethyl adjacent to an activating group) is 4. The van der Waals surface area contributed by atoms with Crippen molar-refractivity contribution in [2.24, 2.45) is 0 Å². The first-order valence-corrected chi connectivity index (χ1v) is 70.8. The lowest BCUT2D eigenvalue weighted by molar-refractivity contribution is -0.135. The second-order valence-electron chi connectivity index (χ2n) is 40.7. The number of unbranched alkanes of at least 4 members (excludes halogenated alkanes) is 40. The number of thioether (sulfide) groups is 4. The largest absolute Gasteiger partial charge is 0.285 e. The van der Waals surface area contributed by atoms with E-state index in [0.717, 1.165) is 84.1 Å². The fourth-order valence-corrected chi connectivity index (χ4v) is 39.2. The predicted molar refractivity (Wildman–Crippen MR) is 679 cm³/mol. The van der Waals surface area contributed by atoms with Crippen molar-refractivity contribution in [3.63, 3.8) is 0 Å². The van der Waals surface area contributed by atoms with Gasteiger partial charge in [0.15, 0.2) is 10.2 Å². The van der Waals surface area contributed by atoms with Crippen molar-refractivity contribution in [1.82, 2.24) is 19.6 Å². The summed E-state index contributed by atoms with van der Waals surface area (Å²) in [6.45, 7) is 28.0. The lowest BCUT2D eigenvalue weighted by Crippen LogP contribution is -2.55. The van der Waals surface area contributed by atoms with E-state index in [9.17, 15) is 19.2 Å². The Morgan fingerprint density at radius 1 is 0.243 bits per heavy atom. The van der Waals surface area contributed by atoms with Gasteiger partial charge in [-0.3, -0.25) is 38.8 Å². The molecule has 4 amide bonds. The molecule has 148 heavy (non-hydrogen) atoms. The molecule has 0 saturated carbocycles. The molecular formula is C124H170N4O4S16. The normalized spacial score (nSPS) is 13.4. The molecule has 0 radical (unpaired) electrons. The van der Waals surface area contributed by atoms with Crippen LogP contribution in [-0.2, 0) is 44.9 Å². The van der Waals surface area contributed by atoms with Crippen molar-refractivity contribution >= 4 is 251 Å². The average molecular weight is 2290 g/mol. The van der Waals surface area contributed by atoms with Gasteiger partial charge in [-0.25, -0.2) is 0 Å². The van der Waals surface area contributed by atoms with Gasteiger partial charge in [0.25, 0.3) is 23.6 Å². The third kappa shape index (κ3) is 33.4. The summed E-state index contributed by atoms with van der Waals surface area (Å²) in [5.41, 5.74) is 8.72. The van der Waals surface area contributed by atoms with E-state index in [2.05, 4.69) is 221 Å². The van der Waals surface area contributed by atoms with Gasteiger partial charge in [0, 0.05) is 145 Å². The number of carbonyl (C=O) groups excluding carboxylic acids is 4. The molecule has 806 valence electrons. The molecule has 11 aromatic rings. The average Bonchev–Trinajstić information content (AvgIpc) is 1.55. The molecule has 0 N–H and O–H groups in total. The summed E-state index contributed by atoms with van der Waals surface area (Å²) >= 11 is 39.9. The zero-order valence-corrected chi connectivity index (χ0v) is 105. The van der Waals surface area contributed by atoms with Crippen molar-refractivity contribution in [1.29, 1.82) is 0 Å². The predicted octanol–water partition coefficient (Wildman–Crippen LogP) is 44.1. The number of hydrogen-bond acceptors (Lipinski definition) is 20. The molecule has 0 spiro atoms. The van der Waals surface area contributed by atoms with E-state index in [0.29, 0.717) is 36.4 Å². The van der Waals surface area contributed by atoms with Crippen LogP contribution in [0.3, 0.4) is 0 Å². The number of amides is 4. The van der Waals surface area contributed by atoms with Crippen LogP contribution in [0, 0.1) is 0 Å². The summed E-state index contributed by atoms with van der Waals surface area (Å²) in [5, 5.41) is 3.36. The summed E-state index contributed by atoms with van der Waals surface area (Å²) in [6, 6.07) is 30.3. The molecule has 0 atom stereocenters. The van der Waals surface area contributed by atoms with Crippen molar-refractivity contribution in [3.8, 4) is 79.4 Å². The Hall–Kier alpha value is -4.32. The molecular weight excluding hydrogens is 2120 g/mol. The first kappa shape index (κ1) is 121. The van der Waals surface area contributed by atoms with Crippen LogP contribution in [0.2, 0.25) is 0 Å². The molecule has 1 aromatic carbocycles. The summed E-state index contributed by atoms with van der Waals surface area (Å²) in [6.07, 6.45) is 67.9. The minimum atomic E-state index is -0.307. The second kappa shape index (κ2) is 65.1. The zero-order chi connectivity index (χ0) is 104. The van der Waals surface area contributed by atoms with Crippen molar-refractivity contribution in [2.45, 2.75) is 435 Å². The number of rotatable bonds is 74.